The normalized spacial score (nSPS) is 12.5. The van der Waals surface area contributed by atoms with Crippen molar-refractivity contribution in [1.82, 2.24) is 4.98 Å². The van der Waals surface area contributed by atoms with Crippen molar-refractivity contribution in [2.24, 2.45) is 0 Å². The Morgan fingerprint density at radius 2 is 1.84 bits per heavy atom. The van der Waals surface area contributed by atoms with Crippen LogP contribution in [0, 0.1) is 0 Å². The number of ketones is 1. The smallest absolute Gasteiger partial charge is 0.192 e. The van der Waals surface area contributed by atoms with Crippen molar-refractivity contribution in [1.29, 1.82) is 0 Å². The van der Waals surface area contributed by atoms with Crippen molar-refractivity contribution >= 4 is 14.1 Å². The lowest BCUT2D eigenvalue weighted by Gasteiger charge is -2.36. The molecule has 0 amide bonds. The van der Waals surface area contributed by atoms with Crippen LogP contribution >= 0.6 is 0 Å². The minimum absolute atomic E-state index is 0.157. The van der Waals surface area contributed by atoms with Crippen LogP contribution in [0.1, 0.15) is 38.8 Å². The molecule has 0 aromatic carbocycles. The molecule has 0 aliphatic rings. The number of Topliss-reactive ketones (excluding diaryl/α,β-unsaturated/α-hetero) is 1. The Morgan fingerprint density at radius 1 is 1.26 bits per heavy atom. The average molecular weight is 279 g/mol. The minimum atomic E-state index is -1.73. The van der Waals surface area contributed by atoms with Crippen LogP contribution in [0.2, 0.25) is 18.1 Å². The molecule has 19 heavy (non-hydrogen) atoms. The molecule has 1 rings (SSSR count). The second-order valence-electron chi connectivity index (χ2n) is 6.63. The number of hydrogen-bond acceptors (Lipinski definition) is 3. The maximum Gasteiger partial charge on any atom is 0.192 e. The maximum absolute atomic E-state index is 11.1. The summed E-state index contributed by atoms with van der Waals surface area (Å²) in [5, 5.41) is 0.206. The van der Waals surface area contributed by atoms with Crippen LogP contribution < -0.4 is 0 Å². The summed E-state index contributed by atoms with van der Waals surface area (Å²) in [5.74, 6) is 0.157. The highest BCUT2D eigenvalue weighted by Crippen LogP contribution is 2.37. The molecule has 0 aliphatic heterocycles. The summed E-state index contributed by atoms with van der Waals surface area (Å²) in [4.78, 5) is 15.3. The zero-order chi connectivity index (χ0) is 14.7. The van der Waals surface area contributed by atoms with Crippen LogP contribution in [-0.4, -0.2) is 19.1 Å². The highest BCUT2D eigenvalue weighted by atomic mass is 28.4. The molecule has 1 heterocycles. The van der Waals surface area contributed by atoms with E-state index in [1.54, 1.807) is 13.1 Å². The Hall–Kier alpha value is -1.00. The molecule has 0 fully saturated rings. The van der Waals surface area contributed by atoms with Gasteiger partial charge in [0.05, 0.1) is 6.61 Å². The molecule has 0 unspecified atom stereocenters. The molecule has 0 saturated heterocycles. The first-order valence-electron chi connectivity index (χ1n) is 6.68. The first kappa shape index (κ1) is 16.1. The number of nitrogens with zero attached hydrogens (tertiary/aromatic N) is 1. The van der Waals surface area contributed by atoms with E-state index in [2.05, 4.69) is 38.8 Å². The van der Waals surface area contributed by atoms with Gasteiger partial charge in [-0.1, -0.05) is 26.8 Å². The lowest BCUT2D eigenvalue weighted by Crippen LogP contribution is -2.40. The van der Waals surface area contributed by atoms with E-state index >= 15 is 0 Å². The molecule has 0 N–H and O–H groups in total. The van der Waals surface area contributed by atoms with E-state index in [4.69, 9.17) is 4.43 Å². The van der Waals surface area contributed by atoms with Gasteiger partial charge in [-0.15, -0.1) is 0 Å². The fourth-order valence-corrected chi connectivity index (χ4v) is 2.45. The van der Waals surface area contributed by atoms with E-state index in [9.17, 15) is 4.79 Å². The molecule has 4 heteroatoms. The van der Waals surface area contributed by atoms with Crippen molar-refractivity contribution in [2.45, 2.75) is 58.9 Å². The van der Waals surface area contributed by atoms with E-state index in [0.717, 1.165) is 11.1 Å². The monoisotopic (exact) mass is 279 g/mol. The van der Waals surface area contributed by atoms with Crippen molar-refractivity contribution in [3.63, 3.8) is 0 Å². The van der Waals surface area contributed by atoms with Gasteiger partial charge in [0.25, 0.3) is 0 Å². The van der Waals surface area contributed by atoms with Crippen LogP contribution in [0.3, 0.4) is 0 Å². The number of carbonyl (C=O) groups is 1. The molecule has 0 radical (unpaired) electrons. The lowest BCUT2D eigenvalue weighted by molar-refractivity contribution is -0.116. The van der Waals surface area contributed by atoms with Crippen molar-refractivity contribution in [3.05, 3.63) is 29.6 Å². The standard InChI is InChI=1S/C15H25NO2Si/c1-12(17)7-13-8-14(10-16-9-13)11-18-19(5,6)15(2,3)4/h8-10H,7,11H2,1-6H3. The van der Waals surface area contributed by atoms with Gasteiger partial charge in [0.1, 0.15) is 5.78 Å². The Bertz CT molecular complexity index is 450. The second kappa shape index (κ2) is 5.97. The minimum Gasteiger partial charge on any atom is -0.413 e. The molecule has 1 aromatic rings. The number of aromatic nitrogens is 1. The van der Waals surface area contributed by atoms with Crippen molar-refractivity contribution in [3.8, 4) is 0 Å². The van der Waals surface area contributed by atoms with Gasteiger partial charge in [-0.05, 0) is 36.2 Å². The van der Waals surface area contributed by atoms with Gasteiger partial charge in [-0.2, -0.15) is 0 Å². The van der Waals surface area contributed by atoms with Crippen LogP contribution in [0.5, 0.6) is 0 Å². The van der Waals surface area contributed by atoms with Crippen LogP contribution in [-0.2, 0) is 22.2 Å². The van der Waals surface area contributed by atoms with Crippen LogP contribution in [0.15, 0.2) is 18.5 Å². The summed E-state index contributed by atoms with van der Waals surface area (Å²) in [7, 11) is -1.73. The summed E-state index contributed by atoms with van der Waals surface area (Å²) in [6, 6.07) is 2.02. The Morgan fingerprint density at radius 3 is 2.37 bits per heavy atom. The molecular formula is C15H25NO2Si. The third-order valence-electron chi connectivity index (χ3n) is 3.71. The zero-order valence-electron chi connectivity index (χ0n) is 12.9. The molecule has 0 spiro atoms. The number of hydrogen-bond donors (Lipinski definition) is 0. The predicted molar refractivity (Wildman–Crippen MR) is 80.6 cm³/mol. The van der Waals surface area contributed by atoms with Gasteiger partial charge in [-0.3, -0.25) is 9.78 Å². The molecule has 106 valence electrons. The Balaban J connectivity index is 2.71. The number of rotatable bonds is 5. The first-order chi connectivity index (χ1) is 8.62. The fourth-order valence-electron chi connectivity index (χ4n) is 1.48. The van der Waals surface area contributed by atoms with E-state index in [1.807, 2.05) is 12.3 Å². The molecule has 1 aromatic heterocycles. The fraction of sp³-hybridized carbons (Fsp3) is 0.600. The summed E-state index contributed by atoms with van der Waals surface area (Å²) >= 11 is 0. The predicted octanol–water partition coefficient (Wildman–Crippen LogP) is 3.73. The SMILES string of the molecule is CC(=O)Cc1cncc(CO[Si](C)(C)C(C)(C)C)c1. The summed E-state index contributed by atoms with van der Waals surface area (Å²) in [6.07, 6.45) is 4.01. The maximum atomic E-state index is 11.1. The molecule has 3 nitrogen and oxygen atoms in total. The Labute approximate surface area is 117 Å². The molecule has 0 aliphatic carbocycles. The van der Waals surface area contributed by atoms with Gasteiger partial charge in [0, 0.05) is 18.8 Å². The zero-order valence-corrected chi connectivity index (χ0v) is 13.9. The average Bonchev–Trinajstić information content (AvgIpc) is 2.24. The summed E-state index contributed by atoms with van der Waals surface area (Å²) < 4.78 is 6.15. The first-order valence-corrected chi connectivity index (χ1v) is 9.59. The molecule has 0 bridgehead atoms. The van der Waals surface area contributed by atoms with Crippen molar-refractivity contribution < 1.29 is 9.22 Å². The summed E-state index contributed by atoms with van der Waals surface area (Å²) in [5.41, 5.74) is 2.01. The van der Waals surface area contributed by atoms with E-state index in [-0.39, 0.29) is 10.8 Å². The van der Waals surface area contributed by atoms with Crippen LogP contribution in [0.4, 0.5) is 0 Å². The largest absolute Gasteiger partial charge is 0.413 e. The highest BCUT2D eigenvalue weighted by Gasteiger charge is 2.36. The van der Waals surface area contributed by atoms with Gasteiger partial charge in [-0.25, -0.2) is 0 Å². The molecule has 0 atom stereocenters. The third-order valence-corrected chi connectivity index (χ3v) is 8.19. The van der Waals surface area contributed by atoms with E-state index < -0.39 is 8.32 Å². The number of pyridine rings is 1. The molecular weight excluding hydrogens is 254 g/mol. The van der Waals surface area contributed by atoms with Gasteiger partial charge in [0.2, 0.25) is 0 Å². The van der Waals surface area contributed by atoms with Gasteiger partial charge >= 0.3 is 0 Å². The van der Waals surface area contributed by atoms with Gasteiger partial charge < -0.3 is 4.43 Å². The second-order valence-corrected chi connectivity index (χ2v) is 11.4. The van der Waals surface area contributed by atoms with Crippen LogP contribution in [0.25, 0.3) is 0 Å². The quantitative estimate of drug-likeness (QED) is 0.771. The summed E-state index contributed by atoms with van der Waals surface area (Å²) in [6.45, 7) is 13.3. The lowest BCUT2D eigenvalue weighted by atomic mass is 10.1. The van der Waals surface area contributed by atoms with E-state index in [0.29, 0.717) is 13.0 Å². The Kier molecular flexibility index (Phi) is 5.04. The van der Waals surface area contributed by atoms with Crippen molar-refractivity contribution in [2.75, 3.05) is 0 Å². The topological polar surface area (TPSA) is 39.2 Å². The van der Waals surface area contributed by atoms with E-state index in [1.165, 1.54) is 0 Å². The third kappa shape index (κ3) is 4.88. The van der Waals surface area contributed by atoms with Gasteiger partial charge in [0.15, 0.2) is 8.32 Å². The molecule has 0 saturated carbocycles. The number of carbonyl (C=O) groups excluding carboxylic acids is 1. The highest BCUT2D eigenvalue weighted by molar-refractivity contribution is 6.74.